The summed E-state index contributed by atoms with van der Waals surface area (Å²) < 4.78 is 34.0. The lowest BCUT2D eigenvalue weighted by molar-refractivity contribution is -0.152. The Labute approximate surface area is 228 Å². The van der Waals surface area contributed by atoms with Gasteiger partial charge in [0.25, 0.3) is 5.91 Å². The predicted molar refractivity (Wildman–Crippen MR) is 146 cm³/mol. The van der Waals surface area contributed by atoms with Gasteiger partial charge in [-0.05, 0) is 47.4 Å². The smallest absolute Gasteiger partial charge is 0.308 e. The third-order valence-electron chi connectivity index (χ3n) is 6.55. The second-order valence-electron chi connectivity index (χ2n) is 9.39. The van der Waals surface area contributed by atoms with Gasteiger partial charge in [0.2, 0.25) is 15.9 Å². The summed E-state index contributed by atoms with van der Waals surface area (Å²) in [7, 11) is -2.36. The van der Waals surface area contributed by atoms with Gasteiger partial charge in [-0.3, -0.25) is 14.4 Å². The van der Waals surface area contributed by atoms with Gasteiger partial charge in [-0.25, -0.2) is 8.42 Å². The summed E-state index contributed by atoms with van der Waals surface area (Å²) in [5.41, 5.74) is 3.12. The largest absolute Gasteiger partial charge is 0.456 e. The second-order valence-corrected chi connectivity index (χ2v) is 11.3. The molecule has 1 N–H and O–H groups in total. The van der Waals surface area contributed by atoms with E-state index >= 15 is 0 Å². The average Bonchev–Trinajstić information content (AvgIpc) is 2.92. The topological polar surface area (TPSA) is 113 Å². The molecule has 0 spiro atoms. The zero-order chi connectivity index (χ0) is 28.0. The standard InChI is InChI=1S/C29H31N3O6S/c1-21(33)30-24-12-14-25(15-13-24)39(36,37)32-17-16-23-10-6-7-11-26(23)27(32)18-29(35)38-20-28(34)31(2)19-22-8-4-3-5-9-22/h3-15,27H,16-20H2,1-2H3,(H,30,33)/t27-/m1/s1. The minimum absolute atomic E-state index is 0.0482. The lowest BCUT2D eigenvalue weighted by Crippen LogP contribution is -2.41. The van der Waals surface area contributed by atoms with Crippen LogP contribution < -0.4 is 5.32 Å². The number of amides is 2. The van der Waals surface area contributed by atoms with Crippen LogP contribution in [-0.4, -0.2) is 55.6 Å². The molecular formula is C29H31N3O6S. The number of hydrogen-bond acceptors (Lipinski definition) is 6. The van der Waals surface area contributed by atoms with E-state index in [2.05, 4.69) is 5.32 Å². The zero-order valence-electron chi connectivity index (χ0n) is 21.9. The lowest BCUT2D eigenvalue weighted by atomic mass is 9.92. The van der Waals surface area contributed by atoms with E-state index in [4.69, 9.17) is 4.74 Å². The third kappa shape index (κ3) is 6.90. The van der Waals surface area contributed by atoms with E-state index in [9.17, 15) is 22.8 Å². The first-order valence-corrected chi connectivity index (χ1v) is 14.0. The molecule has 0 bridgehead atoms. The van der Waals surface area contributed by atoms with Gasteiger partial charge in [-0.1, -0.05) is 54.6 Å². The van der Waals surface area contributed by atoms with Crippen LogP contribution in [0.25, 0.3) is 0 Å². The van der Waals surface area contributed by atoms with Crippen molar-refractivity contribution in [2.24, 2.45) is 0 Å². The number of fused-ring (bicyclic) bond motifs is 1. The quantitative estimate of drug-likeness (QED) is 0.409. The van der Waals surface area contributed by atoms with Crippen LogP contribution in [0.3, 0.4) is 0 Å². The molecule has 2 amide bonds. The molecular weight excluding hydrogens is 518 g/mol. The maximum atomic E-state index is 13.7. The van der Waals surface area contributed by atoms with Crippen molar-refractivity contribution in [1.29, 1.82) is 0 Å². The number of carbonyl (C=O) groups excluding carboxylic acids is 3. The van der Waals surface area contributed by atoms with Crippen molar-refractivity contribution in [2.75, 3.05) is 25.5 Å². The second kappa shape index (κ2) is 12.2. The van der Waals surface area contributed by atoms with Crippen molar-refractivity contribution in [3.63, 3.8) is 0 Å². The maximum absolute atomic E-state index is 13.7. The number of esters is 1. The number of carbonyl (C=O) groups is 3. The van der Waals surface area contributed by atoms with E-state index in [1.807, 2.05) is 48.5 Å². The average molecular weight is 550 g/mol. The third-order valence-corrected chi connectivity index (χ3v) is 8.47. The van der Waals surface area contributed by atoms with E-state index < -0.39 is 28.6 Å². The normalized spacial score (nSPS) is 15.2. The summed E-state index contributed by atoms with van der Waals surface area (Å²) in [6.45, 7) is 1.49. The number of ether oxygens (including phenoxy) is 1. The number of likely N-dealkylation sites (N-methyl/N-ethyl adjacent to an activating group) is 1. The van der Waals surface area contributed by atoms with Gasteiger partial charge in [0, 0.05) is 32.7 Å². The Balaban J connectivity index is 1.48. The first-order chi connectivity index (χ1) is 18.6. The Kier molecular flexibility index (Phi) is 8.78. The fourth-order valence-corrected chi connectivity index (χ4v) is 6.20. The first kappa shape index (κ1) is 28.0. The molecule has 0 saturated heterocycles. The number of rotatable bonds is 9. The fourth-order valence-electron chi connectivity index (χ4n) is 4.59. The molecule has 39 heavy (non-hydrogen) atoms. The number of anilines is 1. The molecule has 3 aromatic rings. The molecule has 0 aliphatic carbocycles. The molecule has 1 heterocycles. The summed E-state index contributed by atoms with van der Waals surface area (Å²) in [6.07, 6.45) is 0.254. The lowest BCUT2D eigenvalue weighted by Gasteiger charge is -2.36. The molecule has 0 unspecified atom stereocenters. The number of sulfonamides is 1. The highest BCUT2D eigenvalue weighted by molar-refractivity contribution is 7.89. The van der Waals surface area contributed by atoms with Crippen LogP contribution >= 0.6 is 0 Å². The molecule has 10 heteroatoms. The highest BCUT2D eigenvalue weighted by Gasteiger charge is 2.38. The minimum atomic E-state index is -3.99. The Morgan fingerprint density at radius 3 is 2.33 bits per heavy atom. The summed E-state index contributed by atoms with van der Waals surface area (Å²) in [4.78, 5) is 38.3. The molecule has 1 atom stereocenters. The van der Waals surface area contributed by atoms with Crippen LogP contribution in [-0.2, 0) is 42.1 Å². The molecule has 1 aliphatic heterocycles. The van der Waals surface area contributed by atoms with E-state index in [1.165, 1.54) is 40.4 Å². The van der Waals surface area contributed by atoms with Crippen molar-refractivity contribution in [1.82, 2.24) is 9.21 Å². The Morgan fingerprint density at radius 1 is 0.974 bits per heavy atom. The molecule has 4 rings (SSSR count). The molecule has 9 nitrogen and oxygen atoms in total. The summed E-state index contributed by atoms with van der Waals surface area (Å²) >= 11 is 0. The monoisotopic (exact) mass is 549 g/mol. The predicted octanol–water partition coefficient (Wildman–Crippen LogP) is 3.53. The van der Waals surface area contributed by atoms with Crippen LogP contribution in [0.4, 0.5) is 5.69 Å². The molecule has 0 radical (unpaired) electrons. The van der Waals surface area contributed by atoms with Gasteiger partial charge in [0.1, 0.15) is 0 Å². The number of nitrogens with one attached hydrogen (secondary N) is 1. The number of benzene rings is 3. The molecule has 3 aromatic carbocycles. The molecule has 204 valence electrons. The van der Waals surface area contributed by atoms with Crippen LogP contribution in [0.2, 0.25) is 0 Å². The van der Waals surface area contributed by atoms with Crippen LogP contribution in [0.15, 0.2) is 83.8 Å². The Bertz CT molecular complexity index is 1440. The first-order valence-electron chi connectivity index (χ1n) is 12.6. The van der Waals surface area contributed by atoms with Crippen LogP contribution in [0, 0.1) is 0 Å². The van der Waals surface area contributed by atoms with Gasteiger partial charge >= 0.3 is 5.97 Å². The van der Waals surface area contributed by atoms with Crippen molar-refractivity contribution in [2.45, 2.75) is 37.2 Å². The summed E-state index contributed by atoms with van der Waals surface area (Å²) in [6, 6.07) is 22.0. The highest BCUT2D eigenvalue weighted by Crippen LogP contribution is 2.36. The van der Waals surface area contributed by atoms with E-state index in [0.717, 1.165) is 16.7 Å². The summed E-state index contributed by atoms with van der Waals surface area (Å²) in [5.74, 6) is -1.29. The van der Waals surface area contributed by atoms with E-state index in [-0.39, 0.29) is 29.7 Å². The van der Waals surface area contributed by atoms with Crippen molar-refractivity contribution >= 4 is 33.5 Å². The van der Waals surface area contributed by atoms with Crippen molar-refractivity contribution < 1.29 is 27.5 Å². The highest BCUT2D eigenvalue weighted by atomic mass is 32.2. The van der Waals surface area contributed by atoms with Gasteiger partial charge in [0.05, 0.1) is 17.4 Å². The van der Waals surface area contributed by atoms with Gasteiger partial charge in [-0.15, -0.1) is 0 Å². The fraction of sp³-hybridized carbons (Fsp3) is 0.276. The van der Waals surface area contributed by atoms with Gasteiger partial charge in [-0.2, -0.15) is 4.31 Å². The summed E-state index contributed by atoms with van der Waals surface area (Å²) in [5, 5.41) is 2.62. The van der Waals surface area contributed by atoms with Gasteiger partial charge in [0.15, 0.2) is 6.61 Å². The van der Waals surface area contributed by atoms with Crippen molar-refractivity contribution in [3.05, 3.63) is 95.6 Å². The molecule has 0 fully saturated rings. The van der Waals surface area contributed by atoms with Crippen LogP contribution in [0.1, 0.15) is 36.1 Å². The van der Waals surface area contributed by atoms with Crippen LogP contribution in [0.5, 0.6) is 0 Å². The van der Waals surface area contributed by atoms with E-state index in [0.29, 0.717) is 18.7 Å². The SMILES string of the molecule is CC(=O)Nc1ccc(S(=O)(=O)N2CCc3ccccc3[C@H]2CC(=O)OCC(=O)N(C)Cc2ccccc2)cc1. The minimum Gasteiger partial charge on any atom is -0.456 e. The van der Waals surface area contributed by atoms with E-state index in [1.54, 1.807) is 13.1 Å². The van der Waals surface area contributed by atoms with Crippen molar-refractivity contribution in [3.8, 4) is 0 Å². The molecule has 0 saturated carbocycles. The molecule has 1 aliphatic rings. The maximum Gasteiger partial charge on any atom is 0.308 e. The Hall–Kier alpha value is -4.02. The Morgan fingerprint density at radius 2 is 1.64 bits per heavy atom. The molecule has 0 aromatic heterocycles. The zero-order valence-corrected chi connectivity index (χ0v) is 22.7. The number of nitrogens with zero attached hydrogens (tertiary/aromatic N) is 2. The van der Waals surface area contributed by atoms with Gasteiger partial charge < -0.3 is 15.0 Å². The number of hydrogen-bond donors (Lipinski definition) is 1.